The summed E-state index contributed by atoms with van der Waals surface area (Å²) in [7, 11) is 3.39. The third-order valence-electron chi connectivity index (χ3n) is 4.97. The monoisotopic (exact) mass is 427 g/mol. The highest BCUT2D eigenvalue weighted by molar-refractivity contribution is 5.85. The molecule has 3 aromatic carbocycles. The van der Waals surface area contributed by atoms with Crippen LogP contribution in [0.3, 0.4) is 0 Å². The first-order valence-corrected chi connectivity index (χ1v) is 9.88. The Bertz CT molecular complexity index is 930. The second kappa shape index (κ2) is 12.1. The number of hydrogen-bond donors (Lipinski definition) is 1. The van der Waals surface area contributed by atoms with Crippen LogP contribution < -0.4 is 19.5 Å². The highest BCUT2D eigenvalue weighted by Crippen LogP contribution is 2.29. The molecule has 3 rings (SSSR count). The van der Waals surface area contributed by atoms with Crippen molar-refractivity contribution in [3.05, 3.63) is 89.0 Å². The molecule has 4 nitrogen and oxygen atoms in total. The van der Waals surface area contributed by atoms with Gasteiger partial charge in [0.1, 0.15) is 12.4 Å². The Morgan fingerprint density at radius 1 is 0.767 bits per heavy atom. The lowest BCUT2D eigenvalue weighted by Gasteiger charge is -2.14. The first kappa shape index (κ1) is 23.6. The predicted molar refractivity (Wildman–Crippen MR) is 124 cm³/mol. The van der Waals surface area contributed by atoms with E-state index in [0.717, 1.165) is 42.3 Å². The molecule has 0 saturated heterocycles. The van der Waals surface area contributed by atoms with Crippen molar-refractivity contribution in [1.29, 1.82) is 0 Å². The Labute approximate surface area is 185 Å². The lowest BCUT2D eigenvalue weighted by atomic mass is 10.1. The average molecular weight is 428 g/mol. The summed E-state index contributed by atoms with van der Waals surface area (Å²) < 4.78 is 16.9. The van der Waals surface area contributed by atoms with Crippen molar-refractivity contribution in [2.45, 2.75) is 26.5 Å². The van der Waals surface area contributed by atoms with Crippen molar-refractivity contribution < 1.29 is 14.2 Å². The zero-order valence-corrected chi connectivity index (χ0v) is 18.6. The van der Waals surface area contributed by atoms with Gasteiger partial charge in [0, 0.05) is 6.54 Å². The molecule has 0 spiro atoms. The topological polar surface area (TPSA) is 39.7 Å². The Kier molecular flexibility index (Phi) is 9.52. The summed E-state index contributed by atoms with van der Waals surface area (Å²) in [6.07, 6.45) is 0.915. The van der Waals surface area contributed by atoms with Crippen LogP contribution in [0.1, 0.15) is 22.3 Å². The molecule has 0 atom stereocenters. The Hall–Kier alpha value is -2.69. The number of hydrogen-bond acceptors (Lipinski definition) is 4. The molecule has 5 heteroatoms. The molecule has 3 aromatic rings. The molecular formula is C25H30ClNO3. The normalized spacial score (nSPS) is 10.2. The van der Waals surface area contributed by atoms with Gasteiger partial charge in [0.15, 0.2) is 11.5 Å². The predicted octanol–water partition coefficient (Wildman–Crippen LogP) is 5.35. The second-order valence-corrected chi connectivity index (χ2v) is 6.94. The van der Waals surface area contributed by atoms with Crippen molar-refractivity contribution in [2.75, 3.05) is 20.8 Å². The molecule has 0 radical (unpaired) electrons. The van der Waals surface area contributed by atoms with E-state index in [-0.39, 0.29) is 12.4 Å². The summed E-state index contributed by atoms with van der Waals surface area (Å²) in [5, 5.41) is 3.49. The number of methoxy groups -OCH3 is 2. The molecule has 0 unspecified atom stereocenters. The van der Waals surface area contributed by atoms with E-state index in [1.165, 1.54) is 16.7 Å². The van der Waals surface area contributed by atoms with Crippen LogP contribution >= 0.6 is 12.4 Å². The van der Waals surface area contributed by atoms with Gasteiger partial charge in [0.05, 0.1) is 14.2 Å². The van der Waals surface area contributed by atoms with Crippen LogP contribution in [0.4, 0.5) is 0 Å². The van der Waals surface area contributed by atoms with E-state index in [1.807, 2.05) is 42.5 Å². The second-order valence-electron chi connectivity index (χ2n) is 6.94. The largest absolute Gasteiger partial charge is 0.496 e. The van der Waals surface area contributed by atoms with Gasteiger partial charge in [-0.1, -0.05) is 48.5 Å². The highest BCUT2D eigenvalue weighted by atomic mass is 35.5. The maximum Gasteiger partial charge on any atom is 0.161 e. The van der Waals surface area contributed by atoms with Crippen LogP contribution in [0.5, 0.6) is 17.2 Å². The molecular weight excluding hydrogens is 398 g/mol. The quantitative estimate of drug-likeness (QED) is 0.443. The zero-order chi connectivity index (χ0) is 20.5. The van der Waals surface area contributed by atoms with E-state index < -0.39 is 0 Å². The van der Waals surface area contributed by atoms with E-state index in [4.69, 9.17) is 14.2 Å². The minimum atomic E-state index is 0. The smallest absolute Gasteiger partial charge is 0.161 e. The van der Waals surface area contributed by atoms with Gasteiger partial charge in [0.25, 0.3) is 0 Å². The van der Waals surface area contributed by atoms with E-state index in [0.29, 0.717) is 6.61 Å². The Morgan fingerprint density at radius 2 is 1.47 bits per heavy atom. The number of halogens is 1. The zero-order valence-electron chi connectivity index (χ0n) is 17.8. The SMILES string of the molecule is COc1ccccc1CCNCc1ccc(OCc2ccccc2C)c(OC)c1.Cl. The molecule has 0 aliphatic heterocycles. The van der Waals surface area contributed by atoms with E-state index in [2.05, 4.69) is 36.5 Å². The number of ether oxygens (including phenoxy) is 3. The Morgan fingerprint density at radius 3 is 2.20 bits per heavy atom. The summed E-state index contributed by atoms with van der Waals surface area (Å²) in [5.41, 5.74) is 4.77. The first-order valence-electron chi connectivity index (χ1n) is 9.88. The van der Waals surface area contributed by atoms with Crippen LogP contribution in [0, 0.1) is 6.92 Å². The molecule has 0 aliphatic rings. The van der Waals surface area contributed by atoms with Crippen LogP contribution in [0.2, 0.25) is 0 Å². The van der Waals surface area contributed by atoms with E-state index in [9.17, 15) is 0 Å². The van der Waals surface area contributed by atoms with Crippen LogP contribution in [-0.4, -0.2) is 20.8 Å². The Balaban J connectivity index is 0.00000320. The maximum absolute atomic E-state index is 6.00. The molecule has 0 heterocycles. The van der Waals surface area contributed by atoms with Gasteiger partial charge in [-0.2, -0.15) is 0 Å². The van der Waals surface area contributed by atoms with Gasteiger partial charge in [-0.05, 0) is 60.3 Å². The minimum absolute atomic E-state index is 0. The molecule has 0 fully saturated rings. The van der Waals surface area contributed by atoms with Crippen molar-refractivity contribution in [1.82, 2.24) is 5.32 Å². The third-order valence-corrected chi connectivity index (χ3v) is 4.97. The summed E-state index contributed by atoms with van der Waals surface area (Å²) in [6, 6.07) is 22.5. The summed E-state index contributed by atoms with van der Waals surface area (Å²) in [4.78, 5) is 0. The summed E-state index contributed by atoms with van der Waals surface area (Å²) in [5.74, 6) is 2.45. The molecule has 0 aliphatic carbocycles. The van der Waals surface area contributed by atoms with Gasteiger partial charge >= 0.3 is 0 Å². The fourth-order valence-corrected chi connectivity index (χ4v) is 3.23. The van der Waals surface area contributed by atoms with Crippen LogP contribution in [0.15, 0.2) is 66.7 Å². The fraction of sp³-hybridized carbons (Fsp3) is 0.280. The molecule has 0 aromatic heterocycles. The van der Waals surface area contributed by atoms with E-state index in [1.54, 1.807) is 14.2 Å². The molecule has 0 bridgehead atoms. The number of para-hydroxylation sites is 1. The van der Waals surface area contributed by atoms with Crippen molar-refractivity contribution in [3.63, 3.8) is 0 Å². The molecule has 0 amide bonds. The number of aryl methyl sites for hydroxylation is 1. The van der Waals surface area contributed by atoms with Crippen LogP contribution in [-0.2, 0) is 19.6 Å². The van der Waals surface area contributed by atoms with Crippen molar-refractivity contribution >= 4 is 12.4 Å². The molecule has 30 heavy (non-hydrogen) atoms. The minimum Gasteiger partial charge on any atom is -0.496 e. The van der Waals surface area contributed by atoms with Crippen LogP contribution in [0.25, 0.3) is 0 Å². The number of rotatable bonds is 10. The van der Waals surface area contributed by atoms with Crippen molar-refractivity contribution in [2.24, 2.45) is 0 Å². The average Bonchev–Trinajstić information content (AvgIpc) is 2.76. The van der Waals surface area contributed by atoms with Gasteiger partial charge in [0.2, 0.25) is 0 Å². The third kappa shape index (κ3) is 6.41. The summed E-state index contributed by atoms with van der Waals surface area (Å²) >= 11 is 0. The standard InChI is InChI=1S/C25H29NO3.ClH/c1-19-8-4-5-10-22(19)18-29-24-13-12-20(16-25(24)28-3)17-26-15-14-21-9-6-7-11-23(21)27-2;/h4-13,16,26H,14-15,17-18H2,1-3H3;1H. The van der Waals surface area contributed by atoms with E-state index >= 15 is 0 Å². The first-order chi connectivity index (χ1) is 14.2. The summed E-state index contributed by atoms with van der Waals surface area (Å²) in [6.45, 7) is 4.26. The number of benzene rings is 3. The lowest BCUT2D eigenvalue weighted by molar-refractivity contribution is 0.283. The number of nitrogens with one attached hydrogen (secondary N) is 1. The molecule has 1 N–H and O–H groups in total. The van der Waals surface area contributed by atoms with Gasteiger partial charge in [-0.25, -0.2) is 0 Å². The van der Waals surface area contributed by atoms with Crippen molar-refractivity contribution in [3.8, 4) is 17.2 Å². The lowest BCUT2D eigenvalue weighted by Crippen LogP contribution is -2.17. The van der Waals surface area contributed by atoms with Gasteiger partial charge < -0.3 is 19.5 Å². The van der Waals surface area contributed by atoms with Gasteiger partial charge in [-0.15, -0.1) is 12.4 Å². The molecule has 160 valence electrons. The molecule has 0 saturated carbocycles. The van der Waals surface area contributed by atoms with Gasteiger partial charge in [-0.3, -0.25) is 0 Å². The highest BCUT2D eigenvalue weighted by Gasteiger charge is 2.08. The fourth-order valence-electron chi connectivity index (χ4n) is 3.23. The maximum atomic E-state index is 6.00.